The molecule has 0 bridgehead atoms. The lowest BCUT2D eigenvalue weighted by Crippen LogP contribution is -2.41. The second kappa shape index (κ2) is 5.74. The maximum Gasteiger partial charge on any atom is 0.222 e. The first-order chi connectivity index (χ1) is 8.65. The average molecular weight is 266 g/mol. The summed E-state index contributed by atoms with van der Waals surface area (Å²) in [6.07, 6.45) is 4.08. The average Bonchev–Trinajstić information content (AvgIpc) is 2.72. The van der Waals surface area contributed by atoms with E-state index in [9.17, 15) is 4.79 Å². The van der Waals surface area contributed by atoms with Gasteiger partial charge in [0.25, 0.3) is 0 Å². The minimum atomic E-state index is -0.181. The number of carbonyl (C=O) groups is 1. The maximum atomic E-state index is 11.8. The van der Waals surface area contributed by atoms with Crippen LogP contribution in [0.5, 0.6) is 0 Å². The van der Waals surface area contributed by atoms with E-state index in [0.29, 0.717) is 13.0 Å². The van der Waals surface area contributed by atoms with Gasteiger partial charge in [-0.3, -0.25) is 4.79 Å². The number of aryl methyl sites for hydroxylation is 1. The second-order valence-electron chi connectivity index (χ2n) is 6.40. The molecule has 0 radical (unpaired) electrons. The largest absolute Gasteiger partial charge is 0.351 e. The van der Waals surface area contributed by atoms with E-state index in [0.717, 1.165) is 5.69 Å². The number of hydrogen-bond acceptors (Lipinski definition) is 3. The summed E-state index contributed by atoms with van der Waals surface area (Å²) in [4.78, 5) is 16.0. The topological polar surface area (TPSA) is 59.0 Å². The van der Waals surface area contributed by atoms with Gasteiger partial charge < -0.3 is 15.2 Å². The highest BCUT2D eigenvalue weighted by Gasteiger charge is 2.22. The Labute approximate surface area is 115 Å². The van der Waals surface area contributed by atoms with Gasteiger partial charge >= 0.3 is 0 Å². The highest BCUT2D eigenvalue weighted by atomic mass is 16.1. The summed E-state index contributed by atoms with van der Waals surface area (Å²) in [6.45, 7) is 10.8. The summed E-state index contributed by atoms with van der Waals surface area (Å²) in [5.74, 6) is 0.0643. The fourth-order valence-electron chi connectivity index (χ4n) is 1.85. The molecule has 1 amide bonds. The van der Waals surface area contributed by atoms with Crippen molar-refractivity contribution in [3.63, 3.8) is 0 Å². The zero-order chi connectivity index (χ0) is 14.7. The van der Waals surface area contributed by atoms with Gasteiger partial charge in [-0.2, -0.15) is 0 Å². The Morgan fingerprint density at radius 3 is 2.47 bits per heavy atom. The van der Waals surface area contributed by atoms with Crippen LogP contribution in [0, 0.1) is 0 Å². The lowest BCUT2D eigenvalue weighted by Gasteiger charge is -2.26. The Balaban J connectivity index is 2.65. The van der Waals surface area contributed by atoms with Crippen molar-refractivity contribution in [2.24, 2.45) is 0 Å². The monoisotopic (exact) mass is 266 g/mol. The third-order valence-corrected chi connectivity index (χ3v) is 3.07. The number of amides is 1. The number of nitrogens with one attached hydrogen (secondary N) is 2. The zero-order valence-corrected chi connectivity index (χ0v) is 12.9. The Bertz CT molecular complexity index is 429. The van der Waals surface area contributed by atoms with Gasteiger partial charge in [0.1, 0.15) is 0 Å². The standard InChI is InChI=1S/C14H26N4O/c1-13(2,3)17-12(19)7-8-18-10-16-9-11(18)14(4,5)15-6/h9-10,15H,7-8H2,1-6H3,(H,17,19). The quantitative estimate of drug-likeness (QED) is 0.852. The van der Waals surface area contributed by atoms with Crippen LogP contribution in [0.15, 0.2) is 12.5 Å². The van der Waals surface area contributed by atoms with E-state index >= 15 is 0 Å². The maximum absolute atomic E-state index is 11.8. The van der Waals surface area contributed by atoms with Gasteiger partial charge in [0.2, 0.25) is 5.91 Å². The molecular formula is C14H26N4O. The van der Waals surface area contributed by atoms with E-state index in [4.69, 9.17) is 0 Å². The molecule has 1 aromatic heterocycles. The number of aromatic nitrogens is 2. The molecule has 19 heavy (non-hydrogen) atoms. The molecule has 5 nitrogen and oxygen atoms in total. The molecule has 108 valence electrons. The number of rotatable bonds is 5. The van der Waals surface area contributed by atoms with Gasteiger partial charge in [0.05, 0.1) is 17.6 Å². The van der Waals surface area contributed by atoms with Crippen LogP contribution in [0.3, 0.4) is 0 Å². The Morgan fingerprint density at radius 2 is 1.95 bits per heavy atom. The predicted octanol–water partition coefficient (Wildman–Crippen LogP) is 1.64. The molecule has 0 saturated heterocycles. The van der Waals surface area contributed by atoms with Crippen molar-refractivity contribution in [3.05, 3.63) is 18.2 Å². The van der Waals surface area contributed by atoms with Gasteiger partial charge in [-0.05, 0) is 41.7 Å². The van der Waals surface area contributed by atoms with Gasteiger partial charge in [0, 0.05) is 24.7 Å². The molecular weight excluding hydrogens is 240 g/mol. The lowest BCUT2D eigenvalue weighted by molar-refractivity contribution is -0.122. The number of carbonyl (C=O) groups excluding carboxylic acids is 1. The molecule has 0 aliphatic heterocycles. The Kier molecular flexibility index (Phi) is 4.74. The zero-order valence-electron chi connectivity index (χ0n) is 12.9. The van der Waals surface area contributed by atoms with Gasteiger partial charge in [-0.15, -0.1) is 0 Å². The lowest BCUT2D eigenvalue weighted by atomic mass is 10.0. The molecule has 0 aliphatic rings. The Morgan fingerprint density at radius 1 is 1.32 bits per heavy atom. The van der Waals surface area contributed by atoms with Crippen LogP contribution < -0.4 is 10.6 Å². The van der Waals surface area contributed by atoms with E-state index in [1.165, 1.54) is 0 Å². The predicted molar refractivity (Wildman–Crippen MR) is 76.8 cm³/mol. The van der Waals surface area contributed by atoms with Crippen molar-refractivity contribution in [1.82, 2.24) is 20.2 Å². The first-order valence-corrected chi connectivity index (χ1v) is 6.66. The van der Waals surface area contributed by atoms with E-state index in [1.807, 2.05) is 38.6 Å². The first-order valence-electron chi connectivity index (χ1n) is 6.66. The first kappa shape index (κ1) is 15.7. The van der Waals surface area contributed by atoms with E-state index in [-0.39, 0.29) is 17.0 Å². The molecule has 1 rings (SSSR count). The van der Waals surface area contributed by atoms with Crippen molar-refractivity contribution in [3.8, 4) is 0 Å². The highest BCUT2D eigenvalue weighted by Crippen LogP contribution is 2.19. The fourth-order valence-corrected chi connectivity index (χ4v) is 1.85. The van der Waals surface area contributed by atoms with Crippen LogP contribution in [0.1, 0.15) is 46.7 Å². The third kappa shape index (κ3) is 4.67. The summed E-state index contributed by atoms with van der Waals surface area (Å²) in [5.41, 5.74) is 0.745. The smallest absolute Gasteiger partial charge is 0.222 e. The molecule has 0 spiro atoms. The van der Waals surface area contributed by atoms with Crippen molar-refractivity contribution in [2.75, 3.05) is 7.05 Å². The number of nitrogens with zero attached hydrogens (tertiary/aromatic N) is 2. The van der Waals surface area contributed by atoms with Crippen LogP contribution in [0.4, 0.5) is 0 Å². The van der Waals surface area contributed by atoms with E-state index < -0.39 is 0 Å². The van der Waals surface area contributed by atoms with Crippen molar-refractivity contribution >= 4 is 5.91 Å². The molecule has 0 saturated carbocycles. The summed E-state index contributed by atoms with van der Waals surface area (Å²) < 4.78 is 2.03. The molecule has 1 aromatic rings. The molecule has 0 aromatic carbocycles. The van der Waals surface area contributed by atoms with Crippen LogP contribution in [0.2, 0.25) is 0 Å². The number of imidazole rings is 1. The molecule has 0 unspecified atom stereocenters. The summed E-state index contributed by atoms with van der Waals surface area (Å²) in [6, 6.07) is 0. The summed E-state index contributed by atoms with van der Waals surface area (Å²) >= 11 is 0. The Hall–Kier alpha value is -1.36. The molecule has 1 heterocycles. The number of hydrogen-bond donors (Lipinski definition) is 2. The summed E-state index contributed by atoms with van der Waals surface area (Å²) in [7, 11) is 1.92. The molecule has 0 fully saturated rings. The summed E-state index contributed by atoms with van der Waals surface area (Å²) in [5, 5.41) is 6.21. The minimum absolute atomic E-state index is 0.0643. The molecule has 2 N–H and O–H groups in total. The van der Waals surface area contributed by atoms with Crippen LogP contribution >= 0.6 is 0 Å². The van der Waals surface area contributed by atoms with E-state index in [2.05, 4.69) is 29.5 Å². The van der Waals surface area contributed by atoms with Crippen LogP contribution in [-0.2, 0) is 16.9 Å². The molecule has 0 aliphatic carbocycles. The van der Waals surface area contributed by atoms with E-state index in [1.54, 1.807) is 6.33 Å². The normalized spacial score (nSPS) is 12.5. The highest BCUT2D eigenvalue weighted by molar-refractivity contribution is 5.76. The van der Waals surface area contributed by atoms with Gasteiger partial charge in [0.15, 0.2) is 0 Å². The van der Waals surface area contributed by atoms with Crippen LogP contribution in [-0.4, -0.2) is 28.0 Å². The molecule has 0 atom stereocenters. The minimum Gasteiger partial charge on any atom is -0.351 e. The van der Waals surface area contributed by atoms with Crippen molar-refractivity contribution < 1.29 is 4.79 Å². The van der Waals surface area contributed by atoms with Crippen molar-refractivity contribution in [2.45, 2.75) is 58.7 Å². The third-order valence-electron chi connectivity index (χ3n) is 3.07. The SMILES string of the molecule is CNC(C)(C)c1cncn1CCC(=O)NC(C)(C)C. The molecule has 5 heteroatoms. The second-order valence-corrected chi connectivity index (χ2v) is 6.40. The van der Waals surface area contributed by atoms with Gasteiger partial charge in [-0.1, -0.05) is 0 Å². The van der Waals surface area contributed by atoms with Crippen molar-refractivity contribution in [1.29, 1.82) is 0 Å². The van der Waals surface area contributed by atoms with Gasteiger partial charge in [-0.25, -0.2) is 4.98 Å². The fraction of sp³-hybridized carbons (Fsp3) is 0.714. The van der Waals surface area contributed by atoms with Crippen LogP contribution in [0.25, 0.3) is 0 Å².